The fraction of sp³-hybridized carbons (Fsp3) is 0.429. The topological polar surface area (TPSA) is 94.9 Å². The average molecular weight is 492 g/mol. The molecule has 180 valence electrons. The van der Waals surface area contributed by atoms with Gasteiger partial charge in [0.2, 0.25) is 0 Å². The van der Waals surface area contributed by atoms with Crippen molar-refractivity contribution in [3.8, 4) is 5.75 Å². The number of piperidine rings is 1. The molecule has 3 rings (SSSR count). The van der Waals surface area contributed by atoms with Gasteiger partial charge in [-0.3, -0.25) is 4.98 Å². The summed E-state index contributed by atoms with van der Waals surface area (Å²) in [6.45, 7) is 1.34. The summed E-state index contributed by atoms with van der Waals surface area (Å²) in [4.78, 5) is 18.1. The van der Waals surface area contributed by atoms with E-state index in [1.54, 1.807) is 13.0 Å². The summed E-state index contributed by atoms with van der Waals surface area (Å²) in [7, 11) is 0. The van der Waals surface area contributed by atoms with Gasteiger partial charge in [0.15, 0.2) is 5.67 Å². The number of hydrogen-bond acceptors (Lipinski definition) is 5. The molecule has 2 aromatic rings. The first-order valence-corrected chi connectivity index (χ1v) is 10.4. The predicted molar refractivity (Wildman–Crippen MR) is 112 cm³/mol. The Bertz CT molecular complexity index is 1010. The summed E-state index contributed by atoms with van der Waals surface area (Å²) >= 11 is 5.79. The molecule has 0 unspecified atom stereocenters. The van der Waals surface area contributed by atoms with Crippen LogP contribution in [0.4, 0.5) is 28.0 Å². The first-order chi connectivity index (χ1) is 15.4. The van der Waals surface area contributed by atoms with Crippen LogP contribution in [-0.4, -0.2) is 52.2 Å². The highest BCUT2D eigenvalue weighted by atomic mass is 35.5. The van der Waals surface area contributed by atoms with Gasteiger partial charge in [-0.1, -0.05) is 11.6 Å². The number of carbonyl (C=O) groups excluding carboxylic acids is 1. The van der Waals surface area contributed by atoms with Gasteiger partial charge in [0.25, 0.3) is 0 Å². The maximum absolute atomic E-state index is 15.6. The number of carbonyl (C=O) groups is 1. The number of alkyl halides is 4. The number of aryl methyl sites for hydroxylation is 1. The number of anilines is 1. The molecule has 0 saturated carbocycles. The monoisotopic (exact) mass is 491 g/mol. The second-order valence-corrected chi connectivity index (χ2v) is 8.12. The smallest absolute Gasteiger partial charge is 0.404 e. The Hall–Kier alpha value is -2.63. The molecule has 1 saturated heterocycles. The number of ether oxygens (including phenoxy) is 1. The maximum Gasteiger partial charge on any atom is 0.573 e. The summed E-state index contributed by atoms with van der Waals surface area (Å²) < 4.78 is 56.4. The minimum Gasteiger partial charge on any atom is -0.404 e. The number of rotatable bonds is 5. The molecule has 1 aromatic carbocycles. The SMILES string of the molecule is Cc1cc([C@H](O)CO)cnc1C1(F)CCN(C(=O)Nc2ccc(OC(F)(F)F)c(Cl)c2)CC1. The van der Waals surface area contributed by atoms with E-state index in [2.05, 4.69) is 15.0 Å². The molecule has 1 aromatic heterocycles. The Kier molecular flexibility index (Phi) is 7.35. The van der Waals surface area contributed by atoms with Gasteiger partial charge in [-0.15, -0.1) is 13.2 Å². The molecular formula is C21H22ClF4N3O4. The van der Waals surface area contributed by atoms with E-state index in [1.807, 2.05) is 0 Å². The molecule has 0 bridgehead atoms. The number of aliphatic hydroxyl groups excluding tert-OH is 2. The van der Waals surface area contributed by atoms with Gasteiger partial charge in [-0.2, -0.15) is 0 Å². The van der Waals surface area contributed by atoms with Crippen molar-refractivity contribution in [2.45, 2.75) is 37.9 Å². The number of nitrogens with zero attached hydrogens (tertiary/aromatic N) is 2. The van der Waals surface area contributed by atoms with Crippen molar-refractivity contribution < 1.29 is 37.3 Å². The summed E-state index contributed by atoms with van der Waals surface area (Å²) in [6.07, 6.45) is -4.72. The first kappa shape index (κ1) is 25.0. The van der Waals surface area contributed by atoms with Crippen LogP contribution in [0, 0.1) is 6.92 Å². The van der Waals surface area contributed by atoms with Gasteiger partial charge in [-0.25, -0.2) is 9.18 Å². The highest BCUT2D eigenvalue weighted by Gasteiger charge is 2.40. The van der Waals surface area contributed by atoms with Crippen LogP contribution in [-0.2, 0) is 5.67 Å². The van der Waals surface area contributed by atoms with Crippen LogP contribution in [0.25, 0.3) is 0 Å². The molecule has 7 nitrogen and oxygen atoms in total. The number of hydrogen-bond donors (Lipinski definition) is 3. The zero-order valence-electron chi connectivity index (χ0n) is 17.5. The zero-order valence-corrected chi connectivity index (χ0v) is 18.3. The van der Waals surface area contributed by atoms with Gasteiger partial charge in [0, 0.05) is 43.4 Å². The van der Waals surface area contributed by atoms with Gasteiger partial charge < -0.3 is 25.2 Å². The van der Waals surface area contributed by atoms with Crippen LogP contribution in [0.15, 0.2) is 30.5 Å². The van der Waals surface area contributed by atoms with E-state index in [1.165, 1.54) is 17.2 Å². The molecule has 3 N–H and O–H groups in total. The Labute approximate surface area is 191 Å². The average Bonchev–Trinajstić information content (AvgIpc) is 2.74. The lowest BCUT2D eigenvalue weighted by molar-refractivity contribution is -0.274. The molecule has 2 amide bonds. The summed E-state index contributed by atoms with van der Waals surface area (Å²) in [5, 5.41) is 21.0. The number of amides is 2. The molecule has 1 atom stereocenters. The van der Waals surface area contributed by atoms with Crippen molar-refractivity contribution in [3.63, 3.8) is 0 Å². The fourth-order valence-corrected chi connectivity index (χ4v) is 3.86. The first-order valence-electron chi connectivity index (χ1n) is 9.98. The number of likely N-dealkylation sites (tertiary alicyclic amines) is 1. The number of pyridine rings is 1. The molecule has 2 heterocycles. The minimum absolute atomic E-state index is 0.0186. The number of halogens is 5. The van der Waals surface area contributed by atoms with Crippen LogP contribution < -0.4 is 10.1 Å². The van der Waals surface area contributed by atoms with Crippen LogP contribution in [0.2, 0.25) is 5.02 Å². The predicted octanol–water partition coefficient (Wildman–Crippen LogP) is 4.46. The number of nitrogens with one attached hydrogen (secondary N) is 1. The molecule has 0 radical (unpaired) electrons. The summed E-state index contributed by atoms with van der Waals surface area (Å²) in [6, 6.07) is 4.34. The van der Waals surface area contributed by atoms with Crippen molar-refractivity contribution in [1.82, 2.24) is 9.88 Å². The van der Waals surface area contributed by atoms with Crippen LogP contribution in [0.3, 0.4) is 0 Å². The summed E-state index contributed by atoms with van der Waals surface area (Å²) in [5.41, 5.74) is -0.500. The molecular weight excluding hydrogens is 470 g/mol. The van der Waals surface area contributed by atoms with E-state index >= 15 is 4.39 Å². The largest absolute Gasteiger partial charge is 0.573 e. The van der Waals surface area contributed by atoms with E-state index in [0.717, 1.165) is 12.1 Å². The number of aromatic nitrogens is 1. The standard InChI is InChI=1S/C21H22ClF4N3O4/c1-12-8-13(16(31)11-30)10-27-18(12)20(23)4-6-29(7-5-20)19(32)28-14-2-3-17(15(22)9-14)33-21(24,25)26/h2-3,8-10,16,30-31H,4-7,11H2,1H3,(H,28,32)/t16-/m1/s1. The summed E-state index contributed by atoms with van der Waals surface area (Å²) in [5.74, 6) is -0.595. The Morgan fingerprint density at radius 2 is 2.00 bits per heavy atom. The molecule has 1 aliphatic heterocycles. The van der Waals surface area contributed by atoms with Crippen molar-refractivity contribution >= 4 is 23.3 Å². The Morgan fingerprint density at radius 3 is 2.55 bits per heavy atom. The van der Waals surface area contributed by atoms with E-state index in [-0.39, 0.29) is 42.3 Å². The third-order valence-electron chi connectivity index (χ3n) is 5.33. The highest BCUT2D eigenvalue weighted by Crippen LogP contribution is 2.38. The minimum atomic E-state index is -4.90. The van der Waals surface area contributed by atoms with Crippen molar-refractivity contribution in [1.29, 1.82) is 0 Å². The third-order valence-corrected chi connectivity index (χ3v) is 5.63. The molecule has 12 heteroatoms. The Balaban J connectivity index is 1.62. The zero-order chi connectivity index (χ0) is 24.4. The van der Waals surface area contributed by atoms with Gasteiger partial charge >= 0.3 is 12.4 Å². The lowest BCUT2D eigenvalue weighted by Gasteiger charge is -2.36. The molecule has 0 aliphatic carbocycles. The molecule has 1 aliphatic rings. The lowest BCUT2D eigenvalue weighted by atomic mass is 9.87. The van der Waals surface area contributed by atoms with Gasteiger partial charge in [0.05, 0.1) is 17.3 Å². The molecule has 1 fully saturated rings. The van der Waals surface area contributed by atoms with Crippen LogP contribution >= 0.6 is 11.6 Å². The van der Waals surface area contributed by atoms with Gasteiger partial charge in [-0.05, 0) is 36.8 Å². The van der Waals surface area contributed by atoms with Crippen molar-refractivity contribution in [2.24, 2.45) is 0 Å². The fourth-order valence-electron chi connectivity index (χ4n) is 3.64. The second kappa shape index (κ2) is 9.70. The highest BCUT2D eigenvalue weighted by molar-refractivity contribution is 6.32. The van der Waals surface area contributed by atoms with Gasteiger partial charge in [0.1, 0.15) is 11.9 Å². The molecule has 0 spiro atoms. The third kappa shape index (κ3) is 6.04. The number of urea groups is 1. The van der Waals surface area contributed by atoms with Crippen LogP contribution in [0.1, 0.15) is 35.8 Å². The quantitative estimate of drug-likeness (QED) is 0.537. The number of benzene rings is 1. The van der Waals surface area contributed by atoms with Crippen LogP contribution in [0.5, 0.6) is 5.75 Å². The normalized spacial score (nSPS) is 16.9. The van der Waals surface area contributed by atoms with E-state index in [4.69, 9.17) is 16.7 Å². The van der Waals surface area contributed by atoms with Crippen molar-refractivity contribution in [3.05, 3.63) is 52.3 Å². The van der Waals surface area contributed by atoms with E-state index in [0.29, 0.717) is 11.1 Å². The van der Waals surface area contributed by atoms with Crippen molar-refractivity contribution in [2.75, 3.05) is 25.0 Å². The van der Waals surface area contributed by atoms with E-state index < -0.39 is 36.5 Å². The Morgan fingerprint density at radius 1 is 1.33 bits per heavy atom. The maximum atomic E-state index is 15.6. The molecule has 33 heavy (non-hydrogen) atoms. The second-order valence-electron chi connectivity index (χ2n) is 7.71. The number of aliphatic hydroxyl groups is 2. The van der Waals surface area contributed by atoms with E-state index in [9.17, 15) is 23.1 Å². The lowest BCUT2D eigenvalue weighted by Crippen LogP contribution is -2.45.